The van der Waals surface area contributed by atoms with Gasteiger partial charge in [-0.2, -0.15) is 0 Å². The smallest absolute Gasteiger partial charge is 0.268 e. The van der Waals surface area contributed by atoms with Crippen LogP contribution < -0.4 is 21.3 Å². The first-order valence-electron chi connectivity index (χ1n) is 7.11. The van der Waals surface area contributed by atoms with Crippen LogP contribution in [0.15, 0.2) is 42.5 Å². The van der Waals surface area contributed by atoms with Crippen molar-refractivity contribution in [2.24, 2.45) is 5.84 Å². The highest BCUT2D eigenvalue weighted by Gasteiger charge is 2.12. The van der Waals surface area contributed by atoms with Crippen molar-refractivity contribution in [1.29, 1.82) is 0 Å². The first-order valence-corrected chi connectivity index (χ1v) is 7.11. The van der Waals surface area contributed by atoms with Gasteiger partial charge < -0.3 is 10.1 Å². The Morgan fingerprint density at radius 2 is 1.83 bits per heavy atom. The Bertz CT molecular complexity index is 729. The molecule has 0 fully saturated rings. The fraction of sp³-hybridized carbons (Fsp3) is 0.176. The fourth-order valence-electron chi connectivity index (χ4n) is 2.07. The van der Waals surface area contributed by atoms with Gasteiger partial charge >= 0.3 is 0 Å². The maximum absolute atomic E-state index is 12.0. The number of carbonyl (C=O) groups is 2. The van der Waals surface area contributed by atoms with Gasteiger partial charge in [-0.05, 0) is 43.2 Å². The van der Waals surface area contributed by atoms with Crippen molar-refractivity contribution in [2.75, 3.05) is 11.9 Å². The van der Waals surface area contributed by atoms with E-state index in [1.807, 2.05) is 37.5 Å². The number of para-hydroxylation sites is 1. The number of rotatable bonds is 5. The molecule has 0 radical (unpaired) electrons. The summed E-state index contributed by atoms with van der Waals surface area (Å²) in [4.78, 5) is 23.7. The highest BCUT2D eigenvalue weighted by Crippen LogP contribution is 2.19. The van der Waals surface area contributed by atoms with Gasteiger partial charge in [0.05, 0.1) is 5.56 Å². The van der Waals surface area contributed by atoms with Crippen LogP contribution in [-0.2, 0) is 4.79 Å². The molecule has 2 rings (SSSR count). The number of carbonyl (C=O) groups excluding carboxylic acids is 2. The molecule has 23 heavy (non-hydrogen) atoms. The molecule has 0 unspecified atom stereocenters. The highest BCUT2D eigenvalue weighted by molar-refractivity contribution is 5.97. The van der Waals surface area contributed by atoms with Crippen molar-refractivity contribution in [3.63, 3.8) is 0 Å². The lowest BCUT2D eigenvalue weighted by atomic mass is 10.1. The summed E-state index contributed by atoms with van der Waals surface area (Å²) in [5, 5.41) is 2.79. The van der Waals surface area contributed by atoms with E-state index < -0.39 is 5.91 Å². The minimum absolute atomic E-state index is 0.206. The summed E-state index contributed by atoms with van der Waals surface area (Å²) in [6.07, 6.45) is 0. The molecule has 0 saturated heterocycles. The number of hydrogen-bond donors (Lipinski definition) is 3. The third kappa shape index (κ3) is 4.08. The molecule has 0 saturated carbocycles. The van der Waals surface area contributed by atoms with Gasteiger partial charge in [-0.15, -0.1) is 0 Å². The fourth-order valence-corrected chi connectivity index (χ4v) is 2.07. The van der Waals surface area contributed by atoms with Crippen LogP contribution >= 0.6 is 0 Å². The quantitative estimate of drug-likeness (QED) is 0.446. The van der Waals surface area contributed by atoms with Gasteiger partial charge in [0.1, 0.15) is 5.75 Å². The lowest BCUT2D eigenvalue weighted by Crippen LogP contribution is -2.30. The number of nitrogens with two attached hydrogens (primary N) is 1. The van der Waals surface area contributed by atoms with Crippen LogP contribution in [0, 0.1) is 13.8 Å². The molecule has 4 N–H and O–H groups in total. The molecule has 2 aromatic rings. The molecule has 0 heterocycles. The van der Waals surface area contributed by atoms with Crippen molar-refractivity contribution in [1.82, 2.24) is 5.43 Å². The molecular weight excluding hydrogens is 294 g/mol. The normalized spacial score (nSPS) is 10.0. The van der Waals surface area contributed by atoms with Crippen LogP contribution in [0.4, 0.5) is 5.69 Å². The van der Waals surface area contributed by atoms with Gasteiger partial charge in [0.15, 0.2) is 6.61 Å². The van der Waals surface area contributed by atoms with E-state index in [2.05, 4.69) is 5.32 Å². The second-order valence-corrected chi connectivity index (χ2v) is 5.05. The van der Waals surface area contributed by atoms with Crippen molar-refractivity contribution >= 4 is 17.5 Å². The van der Waals surface area contributed by atoms with E-state index in [1.165, 1.54) is 0 Å². The van der Waals surface area contributed by atoms with Crippen molar-refractivity contribution in [3.05, 3.63) is 59.2 Å². The van der Waals surface area contributed by atoms with Crippen molar-refractivity contribution < 1.29 is 14.3 Å². The zero-order valence-electron chi connectivity index (χ0n) is 13.1. The summed E-state index contributed by atoms with van der Waals surface area (Å²) in [6.45, 7) is 3.71. The number of ether oxygens (including phenoxy) is 1. The zero-order chi connectivity index (χ0) is 16.8. The maximum atomic E-state index is 12.0. The second kappa shape index (κ2) is 7.42. The van der Waals surface area contributed by atoms with Crippen LogP contribution in [0.3, 0.4) is 0 Å². The van der Waals surface area contributed by atoms with E-state index in [-0.39, 0.29) is 18.1 Å². The van der Waals surface area contributed by atoms with E-state index in [4.69, 9.17) is 10.6 Å². The minimum atomic E-state index is -0.476. The van der Waals surface area contributed by atoms with Crippen LogP contribution in [0.25, 0.3) is 0 Å². The maximum Gasteiger partial charge on any atom is 0.268 e. The standard InChI is InChI=1S/C17H19N3O3/c1-11-6-5-8-14(12(11)2)19-16(21)10-23-15-9-4-3-7-13(15)17(22)20-18/h3-9H,10,18H2,1-2H3,(H,19,21)(H,20,22). The Hall–Kier alpha value is -2.86. The molecule has 6 heteroatoms. The van der Waals surface area contributed by atoms with E-state index in [0.29, 0.717) is 5.75 Å². The Kier molecular flexibility index (Phi) is 5.32. The number of aryl methyl sites for hydroxylation is 1. The van der Waals surface area contributed by atoms with E-state index in [0.717, 1.165) is 16.8 Å². The van der Waals surface area contributed by atoms with Gasteiger partial charge in [0.2, 0.25) is 0 Å². The lowest BCUT2D eigenvalue weighted by Gasteiger charge is -2.12. The molecular formula is C17H19N3O3. The average molecular weight is 313 g/mol. The van der Waals surface area contributed by atoms with E-state index in [1.54, 1.807) is 24.3 Å². The number of amides is 2. The van der Waals surface area contributed by atoms with Gasteiger partial charge in [-0.1, -0.05) is 24.3 Å². The van der Waals surface area contributed by atoms with Gasteiger partial charge in [-0.3, -0.25) is 15.0 Å². The molecule has 0 aromatic heterocycles. The Balaban J connectivity index is 2.03. The minimum Gasteiger partial charge on any atom is -0.483 e. The van der Waals surface area contributed by atoms with Crippen LogP contribution in [-0.4, -0.2) is 18.4 Å². The first-order chi connectivity index (χ1) is 11.0. The zero-order valence-corrected chi connectivity index (χ0v) is 13.1. The first kappa shape index (κ1) is 16.5. The molecule has 2 aromatic carbocycles. The topological polar surface area (TPSA) is 93.4 Å². The molecule has 0 aliphatic rings. The molecule has 2 amide bonds. The summed E-state index contributed by atoms with van der Waals surface area (Å²) in [5.41, 5.74) is 5.15. The largest absolute Gasteiger partial charge is 0.483 e. The number of hydrazine groups is 1. The summed E-state index contributed by atoms with van der Waals surface area (Å²) in [6, 6.07) is 12.3. The predicted molar refractivity (Wildman–Crippen MR) is 88.1 cm³/mol. The third-order valence-electron chi connectivity index (χ3n) is 3.50. The monoisotopic (exact) mass is 313 g/mol. The molecule has 0 bridgehead atoms. The van der Waals surface area contributed by atoms with E-state index >= 15 is 0 Å². The summed E-state index contributed by atoms with van der Waals surface area (Å²) < 4.78 is 5.44. The number of nitrogens with one attached hydrogen (secondary N) is 2. The van der Waals surface area contributed by atoms with Crippen molar-refractivity contribution in [2.45, 2.75) is 13.8 Å². The molecule has 0 aliphatic heterocycles. The number of anilines is 1. The molecule has 0 atom stereocenters. The van der Waals surface area contributed by atoms with Gasteiger partial charge in [0, 0.05) is 5.69 Å². The highest BCUT2D eigenvalue weighted by atomic mass is 16.5. The van der Waals surface area contributed by atoms with Crippen LogP contribution in [0.1, 0.15) is 21.5 Å². The third-order valence-corrected chi connectivity index (χ3v) is 3.50. The summed E-state index contributed by atoms with van der Waals surface area (Å²) in [5.74, 6) is 4.64. The number of nitrogen functional groups attached to an aromatic ring is 1. The summed E-state index contributed by atoms with van der Waals surface area (Å²) >= 11 is 0. The van der Waals surface area contributed by atoms with Crippen LogP contribution in [0.5, 0.6) is 5.75 Å². The predicted octanol–water partition coefficient (Wildman–Crippen LogP) is 1.92. The number of benzene rings is 2. The van der Waals surface area contributed by atoms with Crippen LogP contribution in [0.2, 0.25) is 0 Å². The van der Waals surface area contributed by atoms with Crippen molar-refractivity contribution in [3.8, 4) is 5.75 Å². The Morgan fingerprint density at radius 3 is 2.57 bits per heavy atom. The Labute approximate surface area is 134 Å². The molecule has 0 spiro atoms. The average Bonchev–Trinajstić information content (AvgIpc) is 2.56. The number of hydrogen-bond acceptors (Lipinski definition) is 4. The Morgan fingerprint density at radius 1 is 1.09 bits per heavy atom. The SMILES string of the molecule is Cc1cccc(NC(=O)COc2ccccc2C(=O)NN)c1C. The second-order valence-electron chi connectivity index (χ2n) is 5.05. The summed E-state index contributed by atoms with van der Waals surface area (Å²) in [7, 11) is 0. The lowest BCUT2D eigenvalue weighted by molar-refractivity contribution is -0.118. The molecule has 6 nitrogen and oxygen atoms in total. The van der Waals surface area contributed by atoms with Gasteiger partial charge in [-0.25, -0.2) is 5.84 Å². The van der Waals surface area contributed by atoms with Gasteiger partial charge in [0.25, 0.3) is 11.8 Å². The molecule has 120 valence electrons. The van der Waals surface area contributed by atoms with E-state index in [9.17, 15) is 9.59 Å². The molecule has 0 aliphatic carbocycles.